The molecular formula is C13H20N2O4S2. The molecule has 1 aliphatic heterocycles. The summed E-state index contributed by atoms with van der Waals surface area (Å²) in [6.45, 7) is 6.04. The van der Waals surface area contributed by atoms with E-state index in [9.17, 15) is 13.2 Å². The van der Waals surface area contributed by atoms with E-state index in [0.717, 1.165) is 0 Å². The normalized spacial score (nSPS) is 20.4. The van der Waals surface area contributed by atoms with Crippen molar-refractivity contribution in [3.05, 3.63) is 17.5 Å². The first-order chi connectivity index (χ1) is 9.68. The second-order valence-electron chi connectivity index (χ2n) is 5.93. The zero-order chi connectivity index (χ0) is 15.7. The van der Waals surface area contributed by atoms with Gasteiger partial charge in [-0.25, -0.2) is 13.2 Å². The maximum atomic E-state index is 12.3. The SMILES string of the molecule is CC(C)(C)OC(=O)N[C@@H]1CCN(S(=O)(=O)c2cccs2)C1. The molecule has 1 N–H and O–H groups in total. The molecule has 0 unspecified atom stereocenters. The highest BCUT2D eigenvalue weighted by Gasteiger charge is 2.34. The summed E-state index contributed by atoms with van der Waals surface area (Å²) >= 11 is 1.20. The topological polar surface area (TPSA) is 75.7 Å². The van der Waals surface area contributed by atoms with Crippen LogP contribution in [0.2, 0.25) is 0 Å². The van der Waals surface area contributed by atoms with Crippen LogP contribution in [0, 0.1) is 0 Å². The van der Waals surface area contributed by atoms with Gasteiger partial charge in [-0.15, -0.1) is 11.3 Å². The summed E-state index contributed by atoms with van der Waals surface area (Å²) in [5, 5.41) is 4.45. The first kappa shape index (κ1) is 16.3. The molecule has 1 amide bonds. The van der Waals surface area contributed by atoms with E-state index in [0.29, 0.717) is 17.2 Å². The average Bonchev–Trinajstić information content (AvgIpc) is 2.96. The van der Waals surface area contributed by atoms with Gasteiger partial charge >= 0.3 is 6.09 Å². The molecule has 0 saturated carbocycles. The van der Waals surface area contributed by atoms with Crippen molar-refractivity contribution in [1.29, 1.82) is 0 Å². The molecule has 21 heavy (non-hydrogen) atoms. The standard InChI is InChI=1S/C13H20N2O4S2/c1-13(2,3)19-12(16)14-10-6-7-15(9-10)21(17,18)11-5-4-8-20-11/h4-5,8,10H,6-7,9H2,1-3H3,(H,14,16)/t10-/m1/s1. The third kappa shape index (κ3) is 4.18. The van der Waals surface area contributed by atoms with Crippen molar-refractivity contribution in [1.82, 2.24) is 9.62 Å². The van der Waals surface area contributed by atoms with Crippen molar-refractivity contribution in [3.63, 3.8) is 0 Å². The molecule has 1 aliphatic rings. The smallest absolute Gasteiger partial charge is 0.407 e. The van der Waals surface area contributed by atoms with Crippen LogP contribution in [0.15, 0.2) is 21.7 Å². The minimum atomic E-state index is -3.44. The summed E-state index contributed by atoms with van der Waals surface area (Å²) in [6.07, 6.45) is 0.0759. The van der Waals surface area contributed by atoms with Crippen molar-refractivity contribution >= 4 is 27.5 Å². The number of hydrogen-bond acceptors (Lipinski definition) is 5. The first-order valence-electron chi connectivity index (χ1n) is 6.72. The van der Waals surface area contributed by atoms with Gasteiger partial charge in [0.05, 0.1) is 0 Å². The minimum absolute atomic E-state index is 0.213. The van der Waals surface area contributed by atoms with Crippen LogP contribution in [-0.2, 0) is 14.8 Å². The van der Waals surface area contributed by atoms with Crippen LogP contribution in [0.3, 0.4) is 0 Å². The lowest BCUT2D eigenvalue weighted by atomic mass is 10.2. The third-order valence-electron chi connectivity index (χ3n) is 2.96. The fourth-order valence-corrected chi connectivity index (χ4v) is 4.72. The Morgan fingerprint density at radius 3 is 2.76 bits per heavy atom. The molecule has 1 atom stereocenters. The summed E-state index contributed by atoms with van der Waals surface area (Å²) < 4.78 is 31.6. The lowest BCUT2D eigenvalue weighted by Crippen LogP contribution is -2.41. The number of carbonyl (C=O) groups is 1. The van der Waals surface area contributed by atoms with E-state index >= 15 is 0 Å². The summed E-state index contributed by atoms with van der Waals surface area (Å²) in [5.41, 5.74) is -0.564. The molecule has 6 nitrogen and oxygen atoms in total. The Morgan fingerprint density at radius 1 is 1.48 bits per heavy atom. The summed E-state index contributed by atoms with van der Waals surface area (Å²) in [7, 11) is -3.44. The van der Waals surface area contributed by atoms with Crippen LogP contribution >= 0.6 is 11.3 Å². The van der Waals surface area contributed by atoms with E-state index in [1.165, 1.54) is 15.6 Å². The minimum Gasteiger partial charge on any atom is -0.444 e. The van der Waals surface area contributed by atoms with Gasteiger partial charge in [-0.3, -0.25) is 0 Å². The number of hydrogen-bond donors (Lipinski definition) is 1. The molecule has 0 bridgehead atoms. The Balaban J connectivity index is 1.94. The predicted molar refractivity (Wildman–Crippen MR) is 80.9 cm³/mol. The number of thiophene rings is 1. The second kappa shape index (κ2) is 5.94. The molecule has 118 valence electrons. The zero-order valence-corrected chi connectivity index (χ0v) is 14.0. The van der Waals surface area contributed by atoms with Gasteiger partial charge in [0, 0.05) is 19.1 Å². The Labute approximate surface area is 129 Å². The molecule has 0 radical (unpaired) electrons. The Hall–Kier alpha value is -1.12. The third-order valence-corrected chi connectivity index (χ3v) is 6.20. The molecule has 1 fully saturated rings. The fourth-order valence-electron chi connectivity index (χ4n) is 2.08. The number of nitrogens with zero attached hydrogens (tertiary/aromatic N) is 1. The average molecular weight is 332 g/mol. The van der Waals surface area contributed by atoms with Crippen LogP contribution < -0.4 is 5.32 Å². The largest absolute Gasteiger partial charge is 0.444 e. The molecule has 1 saturated heterocycles. The fraction of sp³-hybridized carbons (Fsp3) is 0.615. The van der Waals surface area contributed by atoms with Gasteiger partial charge in [0.15, 0.2) is 0 Å². The lowest BCUT2D eigenvalue weighted by Gasteiger charge is -2.22. The lowest BCUT2D eigenvalue weighted by molar-refractivity contribution is 0.0507. The van der Waals surface area contributed by atoms with Gasteiger partial charge in [0.2, 0.25) is 0 Å². The van der Waals surface area contributed by atoms with Crippen molar-refractivity contribution in [2.75, 3.05) is 13.1 Å². The number of rotatable bonds is 3. The van der Waals surface area contributed by atoms with Crippen molar-refractivity contribution < 1.29 is 17.9 Å². The maximum absolute atomic E-state index is 12.3. The van der Waals surface area contributed by atoms with Crippen LogP contribution in [0.5, 0.6) is 0 Å². The number of ether oxygens (including phenoxy) is 1. The summed E-state index contributed by atoms with van der Waals surface area (Å²) in [6, 6.07) is 3.09. The van der Waals surface area contributed by atoms with Gasteiger partial charge in [-0.2, -0.15) is 4.31 Å². The Morgan fingerprint density at radius 2 is 2.19 bits per heavy atom. The summed E-state index contributed by atoms with van der Waals surface area (Å²) in [4.78, 5) is 11.7. The molecule has 8 heteroatoms. The molecule has 0 spiro atoms. The second-order valence-corrected chi connectivity index (χ2v) is 9.04. The van der Waals surface area contributed by atoms with Crippen LogP contribution in [0.1, 0.15) is 27.2 Å². The first-order valence-corrected chi connectivity index (χ1v) is 9.03. The molecule has 2 heterocycles. The number of carbonyl (C=O) groups excluding carboxylic acids is 1. The van der Waals surface area contributed by atoms with Crippen molar-refractivity contribution in [2.45, 2.75) is 43.0 Å². The molecule has 1 aromatic rings. The number of amides is 1. The molecule has 0 aliphatic carbocycles. The van der Waals surface area contributed by atoms with Crippen LogP contribution in [0.4, 0.5) is 4.79 Å². The Kier molecular flexibility index (Phi) is 4.60. The van der Waals surface area contributed by atoms with Crippen molar-refractivity contribution in [3.8, 4) is 0 Å². The maximum Gasteiger partial charge on any atom is 0.407 e. The van der Waals surface area contributed by atoms with E-state index < -0.39 is 21.7 Å². The monoisotopic (exact) mass is 332 g/mol. The molecular weight excluding hydrogens is 312 g/mol. The molecule has 1 aromatic heterocycles. The molecule has 2 rings (SSSR count). The highest BCUT2D eigenvalue weighted by Crippen LogP contribution is 2.24. The van der Waals surface area contributed by atoms with Gasteiger partial charge in [0.25, 0.3) is 10.0 Å². The number of alkyl carbamates (subject to hydrolysis) is 1. The Bertz CT molecular complexity index is 590. The van der Waals surface area contributed by atoms with Crippen LogP contribution in [-0.4, -0.2) is 43.5 Å². The van der Waals surface area contributed by atoms with Gasteiger partial charge < -0.3 is 10.1 Å². The number of sulfonamides is 1. The highest BCUT2D eigenvalue weighted by molar-refractivity contribution is 7.91. The number of nitrogens with one attached hydrogen (secondary N) is 1. The van der Waals surface area contributed by atoms with Crippen LogP contribution in [0.25, 0.3) is 0 Å². The van der Waals surface area contributed by atoms with E-state index in [4.69, 9.17) is 4.74 Å². The van der Waals surface area contributed by atoms with E-state index in [2.05, 4.69) is 5.32 Å². The molecule has 0 aromatic carbocycles. The van der Waals surface area contributed by atoms with Gasteiger partial charge in [-0.1, -0.05) is 6.07 Å². The van der Waals surface area contributed by atoms with E-state index in [-0.39, 0.29) is 12.6 Å². The quantitative estimate of drug-likeness (QED) is 0.919. The zero-order valence-electron chi connectivity index (χ0n) is 12.3. The van der Waals surface area contributed by atoms with Gasteiger partial charge in [0.1, 0.15) is 9.81 Å². The van der Waals surface area contributed by atoms with E-state index in [1.54, 1.807) is 38.3 Å². The van der Waals surface area contributed by atoms with Crippen molar-refractivity contribution in [2.24, 2.45) is 0 Å². The highest BCUT2D eigenvalue weighted by atomic mass is 32.2. The van der Waals surface area contributed by atoms with E-state index in [1.807, 2.05) is 0 Å². The predicted octanol–water partition coefficient (Wildman–Crippen LogP) is 2.04. The summed E-state index contributed by atoms with van der Waals surface area (Å²) in [5.74, 6) is 0. The van der Waals surface area contributed by atoms with Gasteiger partial charge in [-0.05, 0) is 38.6 Å².